The van der Waals surface area contributed by atoms with Gasteiger partial charge in [-0.15, -0.1) is 0 Å². The fourth-order valence-electron chi connectivity index (χ4n) is 5.72. The summed E-state index contributed by atoms with van der Waals surface area (Å²) in [4.78, 5) is 18.8. The first-order chi connectivity index (χ1) is 22.8. The Bertz CT molecular complexity index is 2180. The van der Waals surface area contributed by atoms with Gasteiger partial charge in [0.25, 0.3) is 5.56 Å². The number of benzene rings is 5. The molecule has 0 atom stereocenters. The number of rotatable bonds is 10. The van der Waals surface area contributed by atoms with Crippen LogP contribution in [0.5, 0.6) is 17.2 Å². The maximum absolute atomic E-state index is 13.9. The first-order valence-electron chi connectivity index (χ1n) is 15.6. The van der Waals surface area contributed by atoms with Crippen molar-refractivity contribution in [3.05, 3.63) is 129 Å². The molecule has 7 nitrogen and oxygen atoms in total. The third-order valence-electron chi connectivity index (χ3n) is 8.10. The van der Waals surface area contributed by atoms with E-state index in [-0.39, 0.29) is 11.5 Å². The van der Waals surface area contributed by atoms with Crippen molar-refractivity contribution in [2.45, 2.75) is 40.2 Å². The summed E-state index contributed by atoms with van der Waals surface area (Å²) in [6.07, 6.45) is 1.58. The molecule has 0 fully saturated rings. The summed E-state index contributed by atoms with van der Waals surface area (Å²) in [5.41, 5.74) is 4.71. The third-order valence-corrected chi connectivity index (χ3v) is 8.38. The van der Waals surface area contributed by atoms with Crippen LogP contribution in [0.2, 0.25) is 5.02 Å². The second-order valence-corrected chi connectivity index (χ2v) is 12.0. The molecule has 238 valence electrons. The standard InChI is InChI=1S/C39H36ClN3O4/c1-6-46-35-18-25(4)32(21-31(35)24(2)3)38-42-34-17-10-9-16-30(34)39(44)43(38)41-22-26-19-33(40)37(36(20-26)45-5)47-23-28-14-11-13-27-12-7-8-15-29(27)28/h7-22,24H,6,23H2,1-5H3. The van der Waals surface area contributed by atoms with Crippen LogP contribution < -0.4 is 19.8 Å². The van der Waals surface area contributed by atoms with E-state index >= 15 is 0 Å². The lowest BCUT2D eigenvalue weighted by molar-refractivity contribution is 0.286. The molecule has 0 aliphatic carbocycles. The molecule has 0 saturated carbocycles. The summed E-state index contributed by atoms with van der Waals surface area (Å²) >= 11 is 6.76. The molecule has 5 aromatic carbocycles. The summed E-state index contributed by atoms with van der Waals surface area (Å²) in [5, 5.41) is 7.76. The average Bonchev–Trinajstić information content (AvgIpc) is 3.07. The van der Waals surface area contributed by atoms with Gasteiger partial charge in [-0.05, 0) is 89.2 Å². The number of fused-ring (bicyclic) bond motifs is 2. The predicted octanol–water partition coefficient (Wildman–Crippen LogP) is 9.17. The van der Waals surface area contributed by atoms with E-state index in [4.69, 9.17) is 30.8 Å². The summed E-state index contributed by atoms with van der Waals surface area (Å²) in [6, 6.07) is 29.1. The second-order valence-electron chi connectivity index (χ2n) is 11.6. The lowest BCUT2D eigenvalue weighted by Gasteiger charge is -2.18. The molecule has 0 spiro atoms. The van der Waals surface area contributed by atoms with Crippen LogP contribution in [0, 0.1) is 6.92 Å². The van der Waals surface area contributed by atoms with Gasteiger partial charge in [0.2, 0.25) is 0 Å². The molecule has 0 bridgehead atoms. The van der Waals surface area contributed by atoms with E-state index in [1.54, 1.807) is 31.5 Å². The molecule has 0 unspecified atom stereocenters. The summed E-state index contributed by atoms with van der Waals surface area (Å²) in [5.74, 6) is 2.32. The Hall–Kier alpha value is -5.14. The van der Waals surface area contributed by atoms with Crippen molar-refractivity contribution in [1.82, 2.24) is 9.66 Å². The van der Waals surface area contributed by atoms with Crippen molar-refractivity contribution in [2.75, 3.05) is 13.7 Å². The Morgan fingerprint density at radius 1 is 0.915 bits per heavy atom. The van der Waals surface area contributed by atoms with Gasteiger partial charge < -0.3 is 14.2 Å². The first kappa shape index (κ1) is 31.8. The number of ether oxygens (including phenoxy) is 3. The highest BCUT2D eigenvalue weighted by Crippen LogP contribution is 2.38. The zero-order valence-corrected chi connectivity index (χ0v) is 27.8. The van der Waals surface area contributed by atoms with Crippen molar-refractivity contribution < 1.29 is 14.2 Å². The Morgan fingerprint density at radius 2 is 1.66 bits per heavy atom. The van der Waals surface area contributed by atoms with Crippen molar-refractivity contribution in [3.63, 3.8) is 0 Å². The number of halogens is 1. The molecular weight excluding hydrogens is 610 g/mol. The summed E-state index contributed by atoms with van der Waals surface area (Å²) in [6.45, 7) is 9.05. The van der Waals surface area contributed by atoms with Crippen molar-refractivity contribution >= 4 is 39.5 Å². The molecule has 0 amide bonds. The lowest BCUT2D eigenvalue weighted by Crippen LogP contribution is -2.21. The fraction of sp³-hybridized carbons (Fsp3) is 0.205. The maximum Gasteiger partial charge on any atom is 0.282 e. The smallest absolute Gasteiger partial charge is 0.282 e. The van der Waals surface area contributed by atoms with E-state index in [1.807, 2.05) is 62.4 Å². The van der Waals surface area contributed by atoms with Gasteiger partial charge in [-0.25, -0.2) is 4.98 Å². The highest BCUT2D eigenvalue weighted by Gasteiger charge is 2.19. The minimum absolute atomic E-state index is 0.191. The van der Waals surface area contributed by atoms with Gasteiger partial charge in [0, 0.05) is 5.56 Å². The minimum atomic E-state index is -0.283. The fourth-order valence-corrected chi connectivity index (χ4v) is 6.00. The highest BCUT2D eigenvalue weighted by atomic mass is 35.5. The number of hydrogen-bond donors (Lipinski definition) is 0. The SMILES string of the molecule is CCOc1cc(C)c(-c2nc3ccccc3c(=O)n2N=Cc2cc(Cl)c(OCc3cccc4ccccc34)c(OC)c2)cc1C(C)C. The Kier molecular flexibility index (Phi) is 9.27. The van der Waals surface area contributed by atoms with Gasteiger partial charge in [0.15, 0.2) is 17.3 Å². The number of aryl methyl sites for hydroxylation is 1. The molecule has 6 aromatic rings. The van der Waals surface area contributed by atoms with Crippen molar-refractivity contribution in [3.8, 4) is 28.6 Å². The van der Waals surface area contributed by atoms with Gasteiger partial charge in [-0.2, -0.15) is 9.78 Å². The normalized spacial score (nSPS) is 11.6. The van der Waals surface area contributed by atoms with E-state index in [0.717, 1.165) is 38.8 Å². The highest BCUT2D eigenvalue weighted by molar-refractivity contribution is 6.32. The molecule has 8 heteroatoms. The number of hydrogen-bond acceptors (Lipinski definition) is 6. The molecule has 47 heavy (non-hydrogen) atoms. The molecule has 1 heterocycles. The Morgan fingerprint density at radius 3 is 2.43 bits per heavy atom. The Balaban J connectivity index is 1.40. The zero-order valence-electron chi connectivity index (χ0n) is 27.1. The topological polar surface area (TPSA) is 74.9 Å². The number of methoxy groups -OCH3 is 1. The van der Waals surface area contributed by atoms with Gasteiger partial charge >= 0.3 is 0 Å². The quantitative estimate of drug-likeness (QED) is 0.139. The van der Waals surface area contributed by atoms with Gasteiger partial charge in [0.05, 0.1) is 35.9 Å². The number of aromatic nitrogens is 2. The van der Waals surface area contributed by atoms with E-state index in [1.165, 1.54) is 4.68 Å². The molecule has 0 aliphatic rings. The van der Waals surface area contributed by atoms with E-state index < -0.39 is 0 Å². The largest absolute Gasteiger partial charge is 0.494 e. The van der Waals surface area contributed by atoms with Gasteiger partial charge in [-0.3, -0.25) is 4.79 Å². The van der Waals surface area contributed by atoms with Crippen LogP contribution in [0.1, 0.15) is 48.9 Å². The summed E-state index contributed by atoms with van der Waals surface area (Å²) < 4.78 is 19.2. The lowest BCUT2D eigenvalue weighted by atomic mass is 9.96. The monoisotopic (exact) mass is 645 g/mol. The molecule has 0 radical (unpaired) electrons. The van der Waals surface area contributed by atoms with Crippen LogP contribution in [0.25, 0.3) is 33.1 Å². The van der Waals surface area contributed by atoms with Crippen LogP contribution in [0.15, 0.2) is 101 Å². The van der Waals surface area contributed by atoms with Crippen LogP contribution >= 0.6 is 11.6 Å². The van der Waals surface area contributed by atoms with Crippen LogP contribution in [0.3, 0.4) is 0 Å². The zero-order chi connectivity index (χ0) is 33.1. The molecule has 0 aliphatic heterocycles. The molecule has 0 saturated heterocycles. The molecule has 6 rings (SSSR count). The third kappa shape index (κ3) is 6.44. The Labute approximate surface area is 279 Å². The molecule has 0 N–H and O–H groups in total. The summed E-state index contributed by atoms with van der Waals surface area (Å²) in [7, 11) is 1.56. The van der Waals surface area contributed by atoms with Crippen LogP contribution in [-0.2, 0) is 6.61 Å². The molecule has 1 aromatic heterocycles. The number of para-hydroxylation sites is 1. The van der Waals surface area contributed by atoms with E-state index in [0.29, 0.717) is 52.0 Å². The van der Waals surface area contributed by atoms with E-state index in [9.17, 15) is 4.79 Å². The predicted molar refractivity (Wildman–Crippen MR) is 191 cm³/mol. The van der Waals surface area contributed by atoms with Gasteiger partial charge in [-0.1, -0.05) is 80.0 Å². The van der Waals surface area contributed by atoms with Crippen molar-refractivity contribution in [2.24, 2.45) is 5.10 Å². The maximum atomic E-state index is 13.9. The first-order valence-corrected chi connectivity index (χ1v) is 16.0. The van der Waals surface area contributed by atoms with E-state index in [2.05, 4.69) is 43.2 Å². The van der Waals surface area contributed by atoms with Crippen LogP contribution in [0.4, 0.5) is 0 Å². The van der Waals surface area contributed by atoms with Gasteiger partial charge in [0.1, 0.15) is 12.4 Å². The van der Waals surface area contributed by atoms with Crippen LogP contribution in [-0.4, -0.2) is 29.6 Å². The number of nitrogens with zero attached hydrogens (tertiary/aromatic N) is 3. The minimum Gasteiger partial charge on any atom is -0.494 e. The van der Waals surface area contributed by atoms with Crippen molar-refractivity contribution in [1.29, 1.82) is 0 Å². The average molecular weight is 646 g/mol. The molecular formula is C39H36ClN3O4. The second kappa shape index (κ2) is 13.7.